The smallest absolute Gasteiger partial charge is 0.275 e. The largest absolute Gasteiger partial charge is 0.447 e. The molecule has 1 aromatic heterocycles. The van der Waals surface area contributed by atoms with Crippen LogP contribution in [0.5, 0.6) is 0 Å². The first kappa shape index (κ1) is 20.5. The van der Waals surface area contributed by atoms with Crippen molar-refractivity contribution in [2.75, 3.05) is 33.2 Å². The lowest BCUT2D eigenvalue weighted by Crippen LogP contribution is -2.47. The zero-order valence-corrected chi connectivity index (χ0v) is 16.9. The molecule has 0 saturated carbocycles. The molecule has 1 aliphatic rings. The fourth-order valence-corrected chi connectivity index (χ4v) is 3.28. The zero-order chi connectivity index (χ0) is 20.1. The molecule has 3 rings (SSSR count). The van der Waals surface area contributed by atoms with Crippen LogP contribution in [0.2, 0.25) is 0 Å². The third kappa shape index (κ3) is 5.17. The number of aromatic nitrogens is 1. The highest BCUT2D eigenvalue weighted by Gasteiger charge is 2.24. The predicted octanol–water partition coefficient (Wildman–Crippen LogP) is 3.00. The van der Waals surface area contributed by atoms with Crippen LogP contribution in [0.15, 0.2) is 34.9 Å². The predicted molar refractivity (Wildman–Crippen MR) is 105 cm³/mol. The Hall–Kier alpha value is -2.25. The maximum Gasteiger partial charge on any atom is 0.275 e. The van der Waals surface area contributed by atoms with E-state index >= 15 is 0 Å². The average Bonchev–Trinajstić information content (AvgIpc) is 3.17. The van der Waals surface area contributed by atoms with Crippen molar-refractivity contribution in [3.05, 3.63) is 53.5 Å². The number of oxazole rings is 1. The maximum atomic E-state index is 13.2. The van der Waals surface area contributed by atoms with E-state index in [1.54, 1.807) is 12.1 Å². The summed E-state index contributed by atoms with van der Waals surface area (Å²) in [6.45, 7) is 8.60. The quantitative estimate of drug-likeness (QED) is 0.730. The molecular formula is C21H29FN4O2. The van der Waals surface area contributed by atoms with Crippen LogP contribution >= 0.6 is 0 Å². The van der Waals surface area contributed by atoms with Gasteiger partial charge in [0.05, 0.1) is 6.54 Å². The number of halogens is 1. The average molecular weight is 388 g/mol. The zero-order valence-electron chi connectivity index (χ0n) is 16.9. The first-order chi connectivity index (χ1) is 13.5. The second kappa shape index (κ2) is 9.30. The van der Waals surface area contributed by atoms with Gasteiger partial charge < -0.3 is 14.2 Å². The number of benzene rings is 1. The molecule has 0 bridgehead atoms. The van der Waals surface area contributed by atoms with Crippen molar-refractivity contribution in [1.29, 1.82) is 0 Å². The highest BCUT2D eigenvalue weighted by atomic mass is 19.1. The number of rotatable bonds is 7. The van der Waals surface area contributed by atoms with Crippen molar-refractivity contribution in [2.24, 2.45) is 0 Å². The number of piperazine rings is 1. The van der Waals surface area contributed by atoms with Gasteiger partial charge in [-0.3, -0.25) is 9.69 Å². The van der Waals surface area contributed by atoms with Crippen molar-refractivity contribution in [2.45, 2.75) is 39.4 Å². The normalized spacial score (nSPS) is 16.5. The first-order valence-electron chi connectivity index (χ1n) is 9.87. The third-order valence-electron chi connectivity index (χ3n) is 5.41. The molecule has 0 spiro atoms. The summed E-state index contributed by atoms with van der Waals surface area (Å²) in [4.78, 5) is 23.4. The van der Waals surface area contributed by atoms with Gasteiger partial charge in [0, 0.05) is 38.8 Å². The van der Waals surface area contributed by atoms with Gasteiger partial charge in [-0.25, -0.2) is 9.37 Å². The molecule has 2 heterocycles. The topological polar surface area (TPSA) is 52.8 Å². The van der Waals surface area contributed by atoms with Crippen molar-refractivity contribution < 1.29 is 13.6 Å². The summed E-state index contributed by atoms with van der Waals surface area (Å²) in [5, 5.41) is 0. The van der Waals surface area contributed by atoms with E-state index in [2.05, 4.69) is 35.7 Å². The number of carbonyl (C=O) groups is 1. The van der Waals surface area contributed by atoms with Gasteiger partial charge in [-0.15, -0.1) is 0 Å². The van der Waals surface area contributed by atoms with Gasteiger partial charge >= 0.3 is 0 Å². The van der Waals surface area contributed by atoms with Gasteiger partial charge in [-0.05, 0) is 38.1 Å². The molecule has 6 nitrogen and oxygen atoms in total. The van der Waals surface area contributed by atoms with Crippen LogP contribution in [0.25, 0.3) is 0 Å². The van der Waals surface area contributed by atoms with Gasteiger partial charge in [-0.1, -0.05) is 19.1 Å². The van der Waals surface area contributed by atoms with Crippen molar-refractivity contribution in [1.82, 2.24) is 19.7 Å². The van der Waals surface area contributed by atoms with Gasteiger partial charge in [0.15, 0.2) is 5.69 Å². The molecule has 0 radical (unpaired) electrons. The second-order valence-electron chi connectivity index (χ2n) is 7.51. The molecule has 1 unspecified atom stereocenters. The van der Waals surface area contributed by atoms with E-state index in [1.807, 2.05) is 4.90 Å². The SMILES string of the molecule is CCC(C)N(Cc1ccc(F)cc1)Cc1nc(C(=O)N2CCN(C)CC2)co1. The van der Waals surface area contributed by atoms with Gasteiger partial charge in [0.2, 0.25) is 5.89 Å². The van der Waals surface area contributed by atoms with Gasteiger partial charge in [0.25, 0.3) is 5.91 Å². The van der Waals surface area contributed by atoms with Crippen LogP contribution in [0, 0.1) is 5.82 Å². The number of likely N-dealkylation sites (N-methyl/N-ethyl adjacent to an activating group) is 1. The number of hydrogen-bond acceptors (Lipinski definition) is 5. The van der Waals surface area contributed by atoms with Gasteiger partial charge in [-0.2, -0.15) is 0 Å². The fraction of sp³-hybridized carbons (Fsp3) is 0.524. The molecule has 1 aliphatic heterocycles. The maximum absolute atomic E-state index is 13.2. The second-order valence-corrected chi connectivity index (χ2v) is 7.51. The van der Waals surface area contributed by atoms with Crippen LogP contribution in [0.1, 0.15) is 42.2 Å². The molecule has 28 heavy (non-hydrogen) atoms. The van der Waals surface area contributed by atoms with Crippen molar-refractivity contribution in [3.63, 3.8) is 0 Å². The van der Waals surface area contributed by atoms with Crippen LogP contribution in [-0.4, -0.2) is 64.9 Å². The van der Waals surface area contributed by atoms with E-state index in [0.717, 1.165) is 25.1 Å². The van der Waals surface area contributed by atoms with Crippen molar-refractivity contribution >= 4 is 5.91 Å². The van der Waals surface area contributed by atoms with E-state index in [0.29, 0.717) is 43.8 Å². The van der Waals surface area contributed by atoms with Crippen molar-refractivity contribution in [3.8, 4) is 0 Å². The summed E-state index contributed by atoms with van der Waals surface area (Å²) >= 11 is 0. The lowest BCUT2D eigenvalue weighted by molar-refractivity contribution is 0.0658. The summed E-state index contributed by atoms with van der Waals surface area (Å²) in [5.41, 5.74) is 1.40. The molecule has 1 atom stereocenters. The molecule has 7 heteroatoms. The van der Waals surface area contributed by atoms with E-state index in [9.17, 15) is 9.18 Å². The molecule has 152 valence electrons. The highest BCUT2D eigenvalue weighted by Crippen LogP contribution is 2.16. The first-order valence-corrected chi connectivity index (χ1v) is 9.87. The van der Waals surface area contributed by atoms with Crippen LogP contribution in [-0.2, 0) is 13.1 Å². The lowest BCUT2D eigenvalue weighted by Gasteiger charge is -2.31. The number of nitrogens with zero attached hydrogens (tertiary/aromatic N) is 4. The number of carbonyl (C=O) groups excluding carboxylic acids is 1. The van der Waals surface area contributed by atoms with E-state index in [4.69, 9.17) is 4.42 Å². The highest BCUT2D eigenvalue weighted by molar-refractivity contribution is 5.92. The Kier molecular flexibility index (Phi) is 6.80. The molecule has 1 aromatic carbocycles. The minimum Gasteiger partial charge on any atom is -0.447 e. The minimum absolute atomic E-state index is 0.0725. The molecule has 2 aromatic rings. The number of amides is 1. The van der Waals surface area contributed by atoms with Crippen LogP contribution in [0.3, 0.4) is 0 Å². The Balaban J connectivity index is 1.66. The summed E-state index contributed by atoms with van der Waals surface area (Å²) in [6, 6.07) is 6.84. The Labute approximate surface area is 165 Å². The van der Waals surface area contributed by atoms with Crippen LogP contribution < -0.4 is 0 Å². The van der Waals surface area contributed by atoms with Crippen LogP contribution in [0.4, 0.5) is 4.39 Å². The summed E-state index contributed by atoms with van der Waals surface area (Å²) in [5.74, 6) is 0.218. The molecule has 1 saturated heterocycles. The van der Waals surface area contributed by atoms with E-state index < -0.39 is 0 Å². The molecule has 1 fully saturated rings. The van der Waals surface area contributed by atoms with Gasteiger partial charge in [0.1, 0.15) is 12.1 Å². The molecule has 0 aliphatic carbocycles. The Bertz CT molecular complexity index is 769. The van der Waals surface area contributed by atoms with E-state index in [-0.39, 0.29) is 11.7 Å². The standard InChI is InChI=1S/C21H29FN4O2/c1-4-16(2)26(13-17-5-7-18(22)8-6-17)14-20-23-19(15-28-20)21(27)25-11-9-24(3)10-12-25/h5-8,15-16H,4,9-14H2,1-3H3. The number of hydrogen-bond donors (Lipinski definition) is 0. The summed E-state index contributed by atoms with van der Waals surface area (Å²) in [6.07, 6.45) is 2.43. The Morgan fingerprint density at radius 3 is 2.54 bits per heavy atom. The Morgan fingerprint density at radius 1 is 1.21 bits per heavy atom. The molecular weight excluding hydrogens is 359 g/mol. The monoisotopic (exact) mass is 388 g/mol. The minimum atomic E-state index is -0.237. The summed E-state index contributed by atoms with van der Waals surface area (Å²) in [7, 11) is 2.06. The summed E-state index contributed by atoms with van der Waals surface area (Å²) < 4.78 is 18.8. The molecule has 0 N–H and O–H groups in total. The third-order valence-corrected chi connectivity index (χ3v) is 5.41. The fourth-order valence-electron chi connectivity index (χ4n) is 3.28. The Morgan fingerprint density at radius 2 is 1.89 bits per heavy atom. The lowest BCUT2D eigenvalue weighted by atomic mass is 10.1. The van der Waals surface area contributed by atoms with E-state index in [1.165, 1.54) is 18.4 Å². The molecule has 1 amide bonds.